The first-order valence-corrected chi connectivity index (χ1v) is 7.96. The summed E-state index contributed by atoms with van der Waals surface area (Å²) in [7, 11) is -4.08. The van der Waals surface area contributed by atoms with E-state index in [1.807, 2.05) is 6.92 Å². The lowest BCUT2D eigenvalue weighted by Crippen LogP contribution is -2.17. The summed E-state index contributed by atoms with van der Waals surface area (Å²) in [5.74, 6) is 0.834. The third-order valence-electron chi connectivity index (χ3n) is 2.33. The number of hydrogen-bond donors (Lipinski definition) is 4. The SMILES string of the molecule is CCN1CSc2cc(S(=O)(=O)O)ccc21.CCO.N.N. The average Bonchev–Trinajstić information content (AvgIpc) is 2.70. The summed E-state index contributed by atoms with van der Waals surface area (Å²) in [6.45, 7) is 4.87. The van der Waals surface area contributed by atoms with Gasteiger partial charge < -0.3 is 22.3 Å². The fourth-order valence-electron chi connectivity index (χ4n) is 1.51. The van der Waals surface area contributed by atoms with E-state index in [0.717, 1.165) is 23.0 Å². The van der Waals surface area contributed by atoms with Gasteiger partial charge in [0.15, 0.2) is 0 Å². The second-order valence-corrected chi connectivity index (χ2v) is 5.96. The van der Waals surface area contributed by atoms with Crippen molar-refractivity contribution in [3.05, 3.63) is 18.2 Å². The molecule has 0 atom stereocenters. The quantitative estimate of drug-likeness (QED) is 0.604. The van der Waals surface area contributed by atoms with Crippen LogP contribution >= 0.6 is 11.8 Å². The summed E-state index contributed by atoms with van der Waals surface area (Å²) < 4.78 is 30.7. The molecule has 118 valence electrons. The Balaban J connectivity index is 0. The van der Waals surface area contributed by atoms with Gasteiger partial charge in [-0.25, -0.2) is 0 Å². The molecule has 7 nitrogen and oxygen atoms in total. The maximum absolute atomic E-state index is 10.9. The molecule has 1 heterocycles. The minimum absolute atomic E-state index is 0. The topological polar surface area (TPSA) is 148 Å². The molecule has 0 saturated heterocycles. The third-order valence-corrected chi connectivity index (χ3v) is 4.26. The van der Waals surface area contributed by atoms with Crippen molar-refractivity contribution in [2.75, 3.05) is 23.9 Å². The zero-order valence-corrected chi connectivity index (χ0v) is 13.4. The Morgan fingerprint density at radius 1 is 1.30 bits per heavy atom. The molecular formula is C11H23N3O4S2. The van der Waals surface area contributed by atoms with E-state index in [4.69, 9.17) is 9.66 Å². The summed E-state index contributed by atoms with van der Waals surface area (Å²) in [4.78, 5) is 3.02. The molecule has 0 saturated carbocycles. The van der Waals surface area contributed by atoms with E-state index in [1.54, 1.807) is 24.8 Å². The van der Waals surface area contributed by atoms with Crippen LogP contribution in [0.2, 0.25) is 0 Å². The van der Waals surface area contributed by atoms with Crippen LogP contribution in [0, 0.1) is 0 Å². The molecule has 0 unspecified atom stereocenters. The number of thioether (sulfide) groups is 1. The van der Waals surface area contributed by atoms with Crippen LogP contribution in [-0.2, 0) is 10.1 Å². The predicted molar refractivity (Wildman–Crippen MR) is 82.8 cm³/mol. The van der Waals surface area contributed by atoms with Crippen molar-refractivity contribution >= 4 is 27.6 Å². The first-order valence-electron chi connectivity index (χ1n) is 5.54. The first-order chi connectivity index (χ1) is 8.43. The molecule has 8 N–H and O–H groups in total. The van der Waals surface area contributed by atoms with Gasteiger partial charge in [0.25, 0.3) is 10.1 Å². The highest BCUT2D eigenvalue weighted by Crippen LogP contribution is 2.39. The third kappa shape index (κ3) is 5.27. The fourth-order valence-corrected chi connectivity index (χ4v) is 3.26. The lowest BCUT2D eigenvalue weighted by molar-refractivity contribution is 0.318. The largest absolute Gasteiger partial charge is 0.397 e. The predicted octanol–water partition coefficient (Wildman–Crippen LogP) is 2.15. The van der Waals surface area contributed by atoms with Gasteiger partial charge in [0.1, 0.15) is 0 Å². The molecule has 0 spiro atoms. The van der Waals surface area contributed by atoms with Crippen LogP contribution < -0.4 is 17.2 Å². The number of rotatable bonds is 2. The molecule has 1 aliphatic heterocycles. The highest BCUT2D eigenvalue weighted by atomic mass is 32.2. The minimum atomic E-state index is -4.08. The molecule has 20 heavy (non-hydrogen) atoms. The van der Waals surface area contributed by atoms with Crippen LogP contribution in [0.25, 0.3) is 0 Å². The van der Waals surface area contributed by atoms with Crippen molar-refractivity contribution in [2.45, 2.75) is 23.6 Å². The second kappa shape index (κ2) is 9.16. The maximum Gasteiger partial charge on any atom is 0.294 e. The zero-order chi connectivity index (χ0) is 13.8. The minimum Gasteiger partial charge on any atom is -0.397 e. The van der Waals surface area contributed by atoms with E-state index in [1.165, 1.54) is 12.1 Å². The number of anilines is 1. The zero-order valence-electron chi connectivity index (χ0n) is 11.7. The number of aliphatic hydroxyl groups excluding tert-OH is 1. The number of hydrogen-bond acceptors (Lipinski definition) is 7. The van der Waals surface area contributed by atoms with E-state index < -0.39 is 10.1 Å². The Kier molecular flexibility index (Phi) is 9.83. The normalized spacial score (nSPS) is 12.5. The van der Waals surface area contributed by atoms with E-state index in [2.05, 4.69) is 4.90 Å². The van der Waals surface area contributed by atoms with Gasteiger partial charge in [-0.3, -0.25) is 4.55 Å². The van der Waals surface area contributed by atoms with Gasteiger partial charge >= 0.3 is 0 Å². The molecule has 0 radical (unpaired) electrons. The van der Waals surface area contributed by atoms with Crippen molar-refractivity contribution in [2.24, 2.45) is 0 Å². The van der Waals surface area contributed by atoms with Gasteiger partial charge in [-0.2, -0.15) is 8.42 Å². The highest BCUT2D eigenvalue weighted by Gasteiger charge is 2.20. The highest BCUT2D eigenvalue weighted by molar-refractivity contribution is 8.00. The van der Waals surface area contributed by atoms with E-state index in [9.17, 15) is 8.42 Å². The molecule has 1 aromatic carbocycles. The van der Waals surface area contributed by atoms with Crippen LogP contribution in [0.4, 0.5) is 5.69 Å². The average molecular weight is 325 g/mol. The van der Waals surface area contributed by atoms with Crippen LogP contribution in [0.5, 0.6) is 0 Å². The van der Waals surface area contributed by atoms with Gasteiger partial charge in [-0.05, 0) is 32.0 Å². The molecule has 0 aromatic heterocycles. The van der Waals surface area contributed by atoms with Gasteiger partial charge in [0, 0.05) is 18.0 Å². The molecule has 1 aliphatic rings. The van der Waals surface area contributed by atoms with Crippen molar-refractivity contribution in [1.82, 2.24) is 12.3 Å². The summed E-state index contributed by atoms with van der Waals surface area (Å²) in [6, 6.07) is 4.69. The Morgan fingerprint density at radius 2 is 1.85 bits per heavy atom. The van der Waals surface area contributed by atoms with Gasteiger partial charge in [0.05, 0.1) is 16.5 Å². The van der Waals surface area contributed by atoms with Crippen LogP contribution in [-0.4, -0.2) is 37.1 Å². The van der Waals surface area contributed by atoms with Crippen molar-refractivity contribution in [3.63, 3.8) is 0 Å². The van der Waals surface area contributed by atoms with Crippen molar-refractivity contribution < 1.29 is 18.1 Å². The summed E-state index contributed by atoms with van der Waals surface area (Å²) in [5, 5.41) is 7.57. The summed E-state index contributed by atoms with van der Waals surface area (Å²) in [5.41, 5.74) is 1.04. The molecule has 2 rings (SSSR count). The standard InChI is InChI=1S/C9H11NO3S2.C2H6O.2H3N/c1-2-10-6-14-9-5-7(15(11,12)13)3-4-8(9)10;1-2-3;;/h3-5H,2,6H2,1H3,(H,11,12,13);3H,2H2,1H3;2*1H3. The number of fused-ring (bicyclic) bond motifs is 1. The Bertz CT molecular complexity index is 508. The van der Waals surface area contributed by atoms with Gasteiger partial charge in [-0.15, -0.1) is 11.8 Å². The van der Waals surface area contributed by atoms with Crippen LogP contribution in [0.1, 0.15) is 13.8 Å². The number of aliphatic hydroxyl groups is 1. The first kappa shape index (κ1) is 21.5. The molecule has 0 aliphatic carbocycles. The molecule has 0 bridgehead atoms. The molecule has 9 heteroatoms. The molecular weight excluding hydrogens is 302 g/mol. The van der Waals surface area contributed by atoms with Crippen LogP contribution in [0.15, 0.2) is 28.0 Å². The Labute approximate surface area is 124 Å². The lowest BCUT2D eigenvalue weighted by atomic mass is 10.3. The number of nitrogens with zero attached hydrogens (tertiary/aromatic N) is 1. The van der Waals surface area contributed by atoms with E-state index in [0.29, 0.717) is 0 Å². The van der Waals surface area contributed by atoms with E-state index >= 15 is 0 Å². The maximum atomic E-state index is 10.9. The van der Waals surface area contributed by atoms with Crippen LogP contribution in [0.3, 0.4) is 0 Å². The fraction of sp³-hybridized carbons (Fsp3) is 0.455. The Morgan fingerprint density at radius 3 is 2.30 bits per heavy atom. The molecule has 1 aromatic rings. The number of benzene rings is 1. The van der Waals surface area contributed by atoms with E-state index in [-0.39, 0.29) is 23.8 Å². The monoisotopic (exact) mass is 325 g/mol. The molecule has 0 fully saturated rings. The summed E-state index contributed by atoms with van der Waals surface area (Å²) in [6.07, 6.45) is 0. The molecule has 0 amide bonds. The van der Waals surface area contributed by atoms with Crippen molar-refractivity contribution in [1.29, 1.82) is 0 Å². The van der Waals surface area contributed by atoms with Gasteiger partial charge in [0.2, 0.25) is 0 Å². The summed E-state index contributed by atoms with van der Waals surface area (Å²) >= 11 is 1.58. The second-order valence-electron chi connectivity index (χ2n) is 3.55. The van der Waals surface area contributed by atoms with Crippen molar-refractivity contribution in [3.8, 4) is 0 Å². The lowest BCUT2D eigenvalue weighted by Gasteiger charge is -2.15. The Hall–Kier alpha value is -0.840. The smallest absolute Gasteiger partial charge is 0.294 e. The van der Waals surface area contributed by atoms with Gasteiger partial charge in [-0.1, -0.05) is 0 Å².